The van der Waals surface area contributed by atoms with Gasteiger partial charge in [-0.25, -0.2) is 9.38 Å². The van der Waals surface area contributed by atoms with E-state index in [1.165, 1.54) is 18.9 Å². The van der Waals surface area contributed by atoms with Crippen LogP contribution in [0.3, 0.4) is 0 Å². The molecule has 0 radical (unpaired) electrons. The van der Waals surface area contributed by atoms with Crippen LogP contribution in [-0.2, 0) is 11.3 Å². The van der Waals surface area contributed by atoms with Crippen LogP contribution in [0.5, 0.6) is 0 Å². The van der Waals surface area contributed by atoms with Gasteiger partial charge in [-0.1, -0.05) is 18.2 Å². The van der Waals surface area contributed by atoms with Crippen molar-refractivity contribution in [1.82, 2.24) is 10.6 Å². The smallest absolute Gasteiger partial charge is 0.191 e. The Hall–Kier alpha value is -1.62. The zero-order chi connectivity index (χ0) is 15.6. The molecule has 0 bridgehead atoms. The first kappa shape index (κ1) is 16.7. The summed E-state index contributed by atoms with van der Waals surface area (Å²) in [6, 6.07) is 6.73. The Bertz CT molecular complexity index is 475. The van der Waals surface area contributed by atoms with Crippen molar-refractivity contribution in [2.24, 2.45) is 10.9 Å². The number of hydrogen-bond donors (Lipinski definition) is 2. The molecule has 122 valence electrons. The van der Waals surface area contributed by atoms with Crippen LogP contribution in [0.2, 0.25) is 0 Å². The van der Waals surface area contributed by atoms with Crippen molar-refractivity contribution in [1.29, 1.82) is 0 Å². The number of aliphatic imine (C=N–C) groups is 1. The first-order valence-corrected chi connectivity index (χ1v) is 8.13. The molecule has 1 aliphatic rings. The lowest BCUT2D eigenvalue weighted by Gasteiger charge is -2.11. The van der Waals surface area contributed by atoms with E-state index < -0.39 is 0 Å². The van der Waals surface area contributed by atoms with E-state index in [1.807, 2.05) is 13.0 Å². The molecular weight excluding hydrogens is 281 g/mol. The predicted octanol–water partition coefficient (Wildman–Crippen LogP) is 2.70. The highest BCUT2D eigenvalue weighted by Crippen LogP contribution is 2.28. The van der Waals surface area contributed by atoms with E-state index in [0.717, 1.165) is 38.6 Å². The molecule has 2 rings (SSSR count). The van der Waals surface area contributed by atoms with Gasteiger partial charge in [0, 0.05) is 31.9 Å². The first-order valence-electron chi connectivity index (χ1n) is 8.13. The fourth-order valence-corrected chi connectivity index (χ4v) is 2.05. The van der Waals surface area contributed by atoms with Crippen LogP contribution in [-0.4, -0.2) is 32.3 Å². The van der Waals surface area contributed by atoms with Gasteiger partial charge < -0.3 is 15.4 Å². The number of nitrogens with one attached hydrogen (secondary N) is 2. The summed E-state index contributed by atoms with van der Waals surface area (Å²) in [5.74, 6) is 1.32. The fourth-order valence-electron chi connectivity index (χ4n) is 2.05. The maximum absolute atomic E-state index is 13.6. The van der Waals surface area contributed by atoms with E-state index in [0.29, 0.717) is 18.1 Å². The Morgan fingerprint density at radius 3 is 2.86 bits per heavy atom. The third kappa shape index (κ3) is 6.43. The largest absolute Gasteiger partial charge is 0.381 e. The van der Waals surface area contributed by atoms with E-state index >= 15 is 0 Å². The van der Waals surface area contributed by atoms with E-state index in [1.54, 1.807) is 12.1 Å². The zero-order valence-electron chi connectivity index (χ0n) is 13.3. The minimum Gasteiger partial charge on any atom is -0.381 e. The van der Waals surface area contributed by atoms with Gasteiger partial charge >= 0.3 is 0 Å². The molecule has 1 aromatic rings. The van der Waals surface area contributed by atoms with Crippen LogP contribution in [0.4, 0.5) is 4.39 Å². The van der Waals surface area contributed by atoms with Crippen LogP contribution in [0.1, 0.15) is 31.7 Å². The van der Waals surface area contributed by atoms with E-state index in [9.17, 15) is 4.39 Å². The molecule has 1 fully saturated rings. The first-order chi connectivity index (χ1) is 10.8. The number of benzene rings is 1. The van der Waals surface area contributed by atoms with Crippen LogP contribution >= 0.6 is 0 Å². The summed E-state index contributed by atoms with van der Waals surface area (Å²) in [5, 5.41) is 6.42. The van der Waals surface area contributed by atoms with Gasteiger partial charge in [0.2, 0.25) is 0 Å². The zero-order valence-corrected chi connectivity index (χ0v) is 13.3. The van der Waals surface area contributed by atoms with Crippen molar-refractivity contribution in [3.63, 3.8) is 0 Å². The quantitative estimate of drug-likeness (QED) is 0.419. The summed E-state index contributed by atoms with van der Waals surface area (Å²) in [5.41, 5.74) is 0.604. The SMILES string of the molecule is CCNC(=NCc1ccccc1F)NCCCOCC1CC1. The minimum absolute atomic E-state index is 0.212. The third-order valence-corrected chi connectivity index (χ3v) is 3.52. The van der Waals surface area contributed by atoms with Crippen molar-refractivity contribution < 1.29 is 9.13 Å². The molecule has 0 saturated heterocycles. The Morgan fingerprint density at radius 2 is 2.14 bits per heavy atom. The molecule has 0 aromatic heterocycles. The minimum atomic E-state index is -0.212. The number of nitrogens with zero attached hydrogens (tertiary/aromatic N) is 1. The molecular formula is C17H26FN3O. The number of hydrogen-bond acceptors (Lipinski definition) is 2. The highest BCUT2D eigenvalue weighted by Gasteiger charge is 2.20. The molecule has 0 atom stereocenters. The normalized spacial score (nSPS) is 14.9. The molecule has 4 nitrogen and oxygen atoms in total. The summed E-state index contributed by atoms with van der Waals surface area (Å²) in [7, 11) is 0. The van der Waals surface area contributed by atoms with Gasteiger partial charge in [0.05, 0.1) is 6.54 Å². The summed E-state index contributed by atoms with van der Waals surface area (Å²) < 4.78 is 19.2. The molecule has 0 unspecified atom stereocenters. The average molecular weight is 307 g/mol. The number of halogens is 1. The molecule has 1 saturated carbocycles. The highest BCUT2D eigenvalue weighted by atomic mass is 19.1. The maximum Gasteiger partial charge on any atom is 0.191 e. The van der Waals surface area contributed by atoms with Crippen LogP contribution in [0.15, 0.2) is 29.3 Å². The summed E-state index contributed by atoms with van der Waals surface area (Å²) in [4.78, 5) is 4.41. The third-order valence-electron chi connectivity index (χ3n) is 3.52. The van der Waals surface area contributed by atoms with Gasteiger partial charge in [0.1, 0.15) is 5.82 Å². The molecule has 0 spiro atoms. The second-order valence-corrected chi connectivity index (χ2v) is 5.59. The molecule has 1 aromatic carbocycles. The van der Waals surface area contributed by atoms with E-state index in [-0.39, 0.29) is 5.82 Å². The molecule has 0 amide bonds. The van der Waals surface area contributed by atoms with Crippen LogP contribution in [0.25, 0.3) is 0 Å². The van der Waals surface area contributed by atoms with Gasteiger partial charge in [0.15, 0.2) is 5.96 Å². The fraction of sp³-hybridized carbons (Fsp3) is 0.588. The van der Waals surface area contributed by atoms with Crippen molar-refractivity contribution in [3.8, 4) is 0 Å². The average Bonchev–Trinajstić information content (AvgIpc) is 3.33. The second-order valence-electron chi connectivity index (χ2n) is 5.59. The highest BCUT2D eigenvalue weighted by molar-refractivity contribution is 5.79. The summed E-state index contributed by atoms with van der Waals surface area (Å²) >= 11 is 0. The van der Waals surface area contributed by atoms with Crippen molar-refractivity contribution in [2.75, 3.05) is 26.3 Å². The molecule has 2 N–H and O–H groups in total. The molecule has 0 aliphatic heterocycles. The summed E-state index contributed by atoms with van der Waals surface area (Å²) in [6.07, 6.45) is 3.59. The van der Waals surface area contributed by atoms with Crippen molar-refractivity contribution >= 4 is 5.96 Å². The monoisotopic (exact) mass is 307 g/mol. The molecule has 1 aliphatic carbocycles. The van der Waals surface area contributed by atoms with Gasteiger partial charge in [-0.15, -0.1) is 0 Å². The van der Waals surface area contributed by atoms with Gasteiger partial charge in [0.25, 0.3) is 0 Å². The Morgan fingerprint density at radius 1 is 1.32 bits per heavy atom. The van der Waals surface area contributed by atoms with Gasteiger partial charge in [-0.3, -0.25) is 0 Å². The number of guanidine groups is 1. The van der Waals surface area contributed by atoms with Gasteiger partial charge in [-0.2, -0.15) is 0 Å². The van der Waals surface area contributed by atoms with Gasteiger partial charge in [-0.05, 0) is 38.2 Å². The lowest BCUT2D eigenvalue weighted by molar-refractivity contribution is 0.123. The topological polar surface area (TPSA) is 45.7 Å². The van der Waals surface area contributed by atoms with E-state index in [4.69, 9.17) is 4.74 Å². The Kier molecular flexibility index (Phi) is 7.16. The lowest BCUT2D eigenvalue weighted by atomic mass is 10.2. The lowest BCUT2D eigenvalue weighted by Crippen LogP contribution is -2.38. The maximum atomic E-state index is 13.6. The molecule has 5 heteroatoms. The second kappa shape index (κ2) is 9.41. The standard InChI is InChI=1S/C17H26FN3O/c1-2-19-17(20-10-5-11-22-13-14-8-9-14)21-12-15-6-3-4-7-16(15)18/h3-4,6-7,14H,2,5,8-13H2,1H3,(H2,19,20,21). The van der Waals surface area contributed by atoms with Crippen molar-refractivity contribution in [3.05, 3.63) is 35.6 Å². The molecule has 22 heavy (non-hydrogen) atoms. The molecule has 0 heterocycles. The number of ether oxygens (including phenoxy) is 1. The van der Waals surface area contributed by atoms with Crippen LogP contribution < -0.4 is 10.6 Å². The summed E-state index contributed by atoms with van der Waals surface area (Å²) in [6.45, 7) is 5.60. The predicted molar refractivity (Wildman–Crippen MR) is 87.4 cm³/mol. The van der Waals surface area contributed by atoms with Crippen molar-refractivity contribution in [2.45, 2.75) is 32.7 Å². The van der Waals surface area contributed by atoms with E-state index in [2.05, 4.69) is 15.6 Å². The number of rotatable bonds is 9. The van der Waals surface area contributed by atoms with Crippen LogP contribution in [0, 0.1) is 11.7 Å². The Labute approximate surface area is 132 Å². The Balaban J connectivity index is 1.68.